The topological polar surface area (TPSA) is 25.4 Å². The van der Waals surface area contributed by atoms with Crippen molar-refractivity contribution in [2.45, 2.75) is 25.6 Å². The van der Waals surface area contributed by atoms with Crippen LogP contribution in [-0.2, 0) is 4.74 Å². The molecule has 1 fully saturated rings. The highest BCUT2D eigenvalue weighted by Crippen LogP contribution is 2.23. The first-order valence-electron chi connectivity index (χ1n) is 6.63. The zero-order chi connectivity index (χ0) is 14.5. The summed E-state index contributed by atoms with van der Waals surface area (Å²) in [5, 5.41) is 0. The first-order chi connectivity index (χ1) is 9.60. The summed E-state index contributed by atoms with van der Waals surface area (Å²) >= 11 is 3.48. The highest BCUT2D eigenvalue weighted by molar-refractivity contribution is 9.10. The average molecular weight is 341 g/mol. The Balaban J connectivity index is 1.98. The van der Waals surface area contributed by atoms with Crippen LogP contribution < -0.4 is 0 Å². The number of methoxy groups -OCH3 is 1. The van der Waals surface area contributed by atoms with Crippen molar-refractivity contribution in [1.29, 1.82) is 0 Å². The predicted octanol–water partition coefficient (Wildman–Crippen LogP) is 2.95. The number of alkyl halides is 1. The largest absolute Gasteiger partial charge is 0.375 e. The van der Waals surface area contributed by atoms with Crippen LogP contribution in [0.5, 0.6) is 0 Å². The maximum Gasteiger partial charge on any atom is 0.114 e. The molecule has 0 spiro atoms. The fourth-order valence-electron chi connectivity index (χ4n) is 2.11. The summed E-state index contributed by atoms with van der Waals surface area (Å²) in [6, 6.07) is 1.94. The number of likely N-dealkylation sites (tertiary alicyclic amines) is 1. The highest BCUT2D eigenvalue weighted by atomic mass is 79.9. The van der Waals surface area contributed by atoms with Crippen LogP contribution >= 0.6 is 15.9 Å². The van der Waals surface area contributed by atoms with Crippen molar-refractivity contribution < 1.29 is 9.13 Å². The lowest BCUT2D eigenvalue weighted by atomic mass is 10.2. The van der Waals surface area contributed by atoms with Gasteiger partial charge < -0.3 is 4.74 Å². The molecule has 0 radical (unpaired) electrons. The maximum atomic E-state index is 13.0. The summed E-state index contributed by atoms with van der Waals surface area (Å²) in [7, 11) is 1.65. The lowest BCUT2D eigenvalue weighted by Crippen LogP contribution is -2.21. The Morgan fingerprint density at radius 3 is 3.05 bits per heavy atom. The third-order valence-electron chi connectivity index (χ3n) is 3.36. The lowest BCUT2D eigenvalue weighted by molar-refractivity contribution is 0.115. The highest BCUT2D eigenvalue weighted by Gasteiger charge is 2.20. The quantitative estimate of drug-likeness (QED) is 0.791. The van der Waals surface area contributed by atoms with Gasteiger partial charge in [-0.15, -0.1) is 0 Å². The molecule has 0 aromatic carbocycles. The molecule has 1 saturated heterocycles. The summed E-state index contributed by atoms with van der Waals surface area (Å²) in [5.41, 5.74) is 1.71. The Morgan fingerprint density at radius 2 is 2.45 bits per heavy atom. The SMILES string of the molecule is CO[C@@H](C)c1ncc(C#CCN2CC[C@@H](F)C2)cc1Br. The molecule has 1 aromatic heterocycles. The summed E-state index contributed by atoms with van der Waals surface area (Å²) in [5.74, 6) is 6.14. The molecule has 1 aliphatic heterocycles. The van der Waals surface area contributed by atoms with Gasteiger partial charge in [0.2, 0.25) is 0 Å². The Morgan fingerprint density at radius 1 is 1.65 bits per heavy atom. The predicted molar refractivity (Wildman–Crippen MR) is 80.2 cm³/mol. The number of nitrogens with zero attached hydrogens (tertiary/aromatic N) is 2. The number of ether oxygens (including phenoxy) is 1. The van der Waals surface area contributed by atoms with E-state index in [0.29, 0.717) is 19.5 Å². The second kappa shape index (κ2) is 7.16. The van der Waals surface area contributed by atoms with E-state index in [1.165, 1.54) is 0 Å². The van der Waals surface area contributed by atoms with E-state index in [1.54, 1.807) is 13.3 Å². The van der Waals surface area contributed by atoms with Gasteiger partial charge in [0, 0.05) is 36.4 Å². The monoisotopic (exact) mass is 340 g/mol. The van der Waals surface area contributed by atoms with E-state index in [9.17, 15) is 4.39 Å². The minimum atomic E-state index is -0.692. The molecule has 1 aliphatic rings. The van der Waals surface area contributed by atoms with E-state index in [1.807, 2.05) is 17.9 Å². The number of rotatable bonds is 3. The van der Waals surface area contributed by atoms with E-state index >= 15 is 0 Å². The fourth-order valence-corrected chi connectivity index (χ4v) is 2.78. The van der Waals surface area contributed by atoms with Gasteiger partial charge in [-0.2, -0.15) is 0 Å². The average Bonchev–Trinajstić information content (AvgIpc) is 2.84. The third-order valence-corrected chi connectivity index (χ3v) is 3.99. The van der Waals surface area contributed by atoms with Crippen molar-refractivity contribution in [2.24, 2.45) is 0 Å². The maximum absolute atomic E-state index is 13.0. The smallest absolute Gasteiger partial charge is 0.114 e. The fraction of sp³-hybridized carbons (Fsp3) is 0.533. The van der Waals surface area contributed by atoms with Crippen LogP contribution in [0.4, 0.5) is 4.39 Å². The Bertz CT molecular complexity index is 526. The minimum absolute atomic E-state index is 0.0579. The molecule has 2 atom stereocenters. The molecule has 0 aliphatic carbocycles. The first-order valence-corrected chi connectivity index (χ1v) is 7.43. The van der Waals surface area contributed by atoms with Crippen molar-refractivity contribution in [2.75, 3.05) is 26.7 Å². The van der Waals surface area contributed by atoms with Gasteiger partial charge >= 0.3 is 0 Å². The summed E-state index contributed by atoms with van der Waals surface area (Å²) in [4.78, 5) is 6.39. The Hall–Kier alpha value is -0.960. The molecule has 0 saturated carbocycles. The number of hydrogen-bond acceptors (Lipinski definition) is 3. The molecule has 3 nitrogen and oxygen atoms in total. The Labute approximate surface area is 127 Å². The van der Waals surface area contributed by atoms with E-state index in [0.717, 1.165) is 22.3 Å². The van der Waals surface area contributed by atoms with Crippen molar-refractivity contribution in [1.82, 2.24) is 9.88 Å². The number of halogens is 2. The van der Waals surface area contributed by atoms with Gasteiger partial charge in [0.15, 0.2) is 0 Å². The van der Waals surface area contributed by atoms with Crippen LogP contribution in [0, 0.1) is 11.8 Å². The van der Waals surface area contributed by atoms with Gasteiger partial charge in [-0.3, -0.25) is 9.88 Å². The molecular formula is C15H18BrFN2O. The molecule has 108 valence electrons. The third kappa shape index (κ3) is 4.02. The van der Waals surface area contributed by atoms with E-state index in [4.69, 9.17) is 4.74 Å². The normalized spacial score (nSPS) is 20.5. The second-order valence-electron chi connectivity index (χ2n) is 4.89. The van der Waals surface area contributed by atoms with E-state index in [2.05, 4.69) is 32.8 Å². The van der Waals surface area contributed by atoms with Gasteiger partial charge in [-0.25, -0.2) is 4.39 Å². The molecule has 2 rings (SSSR count). The van der Waals surface area contributed by atoms with Crippen molar-refractivity contribution in [3.63, 3.8) is 0 Å². The van der Waals surface area contributed by atoms with E-state index < -0.39 is 6.17 Å². The van der Waals surface area contributed by atoms with Crippen LogP contribution in [0.3, 0.4) is 0 Å². The number of pyridine rings is 1. The van der Waals surface area contributed by atoms with Gasteiger partial charge in [0.25, 0.3) is 0 Å². The zero-order valence-electron chi connectivity index (χ0n) is 11.7. The summed E-state index contributed by atoms with van der Waals surface area (Å²) < 4.78 is 19.1. The minimum Gasteiger partial charge on any atom is -0.375 e. The van der Waals surface area contributed by atoms with Gasteiger partial charge in [0.05, 0.1) is 18.3 Å². The zero-order valence-corrected chi connectivity index (χ0v) is 13.3. The molecule has 5 heteroatoms. The Kier molecular flexibility index (Phi) is 5.53. The van der Waals surface area contributed by atoms with Crippen molar-refractivity contribution in [3.8, 4) is 11.8 Å². The second-order valence-corrected chi connectivity index (χ2v) is 5.75. The van der Waals surface area contributed by atoms with E-state index in [-0.39, 0.29) is 6.10 Å². The standard InChI is InChI=1S/C15H18BrFN2O/c1-11(20-2)15-14(16)8-12(9-18-15)4-3-6-19-7-5-13(17)10-19/h8-9,11,13H,5-7,10H2,1-2H3/t11-,13+/m0/s1. The van der Waals surface area contributed by atoms with Crippen LogP contribution in [-0.4, -0.2) is 42.8 Å². The summed E-state index contributed by atoms with van der Waals surface area (Å²) in [6.07, 6.45) is 1.61. The summed E-state index contributed by atoms with van der Waals surface area (Å²) in [6.45, 7) is 3.84. The number of hydrogen-bond donors (Lipinski definition) is 0. The van der Waals surface area contributed by atoms with Crippen LogP contribution in [0.15, 0.2) is 16.7 Å². The molecule has 0 unspecified atom stereocenters. The van der Waals surface area contributed by atoms with Crippen LogP contribution in [0.2, 0.25) is 0 Å². The van der Waals surface area contributed by atoms with Gasteiger partial charge in [-0.1, -0.05) is 11.8 Å². The molecule has 2 heterocycles. The molecular weight excluding hydrogens is 323 g/mol. The van der Waals surface area contributed by atoms with Crippen molar-refractivity contribution in [3.05, 3.63) is 28.0 Å². The molecule has 0 bridgehead atoms. The molecule has 0 amide bonds. The first kappa shape index (κ1) is 15.4. The molecule has 1 aromatic rings. The molecule has 20 heavy (non-hydrogen) atoms. The van der Waals surface area contributed by atoms with Gasteiger partial charge in [0.1, 0.15) is 6.17 Å². The molecule has 0 N–H and O–H groups in total. The van der Waals surface area contributed by atoms with Crippen LogP contribution in [0.1, 0.15) is 30.7 Å². The lowest BCUT2D eigenvalue weighted by Gasteiger charge is -2.10. The number of aromatic nitrogens is 1. The van der Waals surface area contributed by atoms with Crippen molar-refractivity contribution >= 4 is 15.9 Å². The van der Waals surface area contributed by atoms with Crippen LogP contribution in [0.25, 0.3) is 0 Å². The van der Waals surface area contributed by atoms with Gasteiger partial charge in [-0.05, 0) is 35.3 Å².